The molecule has 4 aromatic rings. The summed E-state index contributed by atoms with van der Waals surface area (Å²) in [5.41, 5.74) is -4.95. The molecule has 2 unspecified atom stereocenters. The molecule has 1 saturated heterocycles. The van der Waals surface area contributed by atoms with Crippen molar-refractivity contribution in [1.29, 1.82) is 0 Å². The van der Waals surface area contributed by atoms with Crippen molar-refractivity contribution >= 4 is 5.71 Å². The Balaban J connectivity index is 0.000000228. The first-order chi connectivity index (χ1) is 27.9. The summed E-state index contributed by atoms with van der Waals surface area (Å²) in [6.45, 7) is 3.76. The van der Waals surface area contributed by atoms with Gasteiger partial charge in [0.25, 0.3) is 0 Å². The maximum atomic E-state index is 13.2. The molecule has 0 aromatic heterocycles. The number of halogens is 14. The molecule has 0 amide bonds. The van der Waals surface area contributed by atoms with E-state index < -0.39 is 89.4 Å². The molecule has 326 valence electrons. The van der Waals surface area contributed by atoms with Crippen LogP contribution in [0.2, 0.25) is 0 Å². The van der Waals surface area contributed by atoms with Crippen LogP contribution in [0, 0.1) is 11.6 Å². The van der Waals surface area contributed by atoms with E-state index in [1.54, 1.807) is 0 Å². The Bertz CT molecular complexity index is 2020. The maximum Gasteiger partial charge on any atom is 0.416 e. The Hall–Kier alpha value is -4.63. The van der Waals surface area contributed by atoms with E-state index in [0.29, 0.717) is 41.9 Å². The molecule has 0 radical (unpaired) electrons. The lowest BCUT2D eigenvalue weighted by Gasteiger charge is -2.34. The van der Waals surface area contributed by atoms with Crippen LogP contribution in [0.15, 0.2) is 89.9 Å². The second-order valence-corrected chi connectivity index (χ2v) is 13.4. The minimum atomic E-state index is -4.96. The van der Waals surface area contributed by atoms with E-state index >= 15 is 0 Å². The Morgan fingerprint density at radius 1 is 0.583 bits per heavy atom. The van der Waals surface area contributed by atoms with E-state index in [2.05, 4.69) is 10.3 Å². The van der Waals surface area contributed by atoms with Gasteiger partial charge in [-0.2, -0.15) is 52.7 Å². The minimum absolute atomic E-state index is 0.0543. The van der Waals surface area contributed by atoms with Crippen LogP contribution in [-0.4, -0.2) is 44.6 Å². The number of morpholine rings is 1. The number of rotatable bonds is 8. The fourth-order valence-corrected chi connectivity index (χ4v) is 6.05. The van der Waals surface area contributed by atoms with E-state index in [-0.39, 0.29) is 48.7 Å². The first-order valence-electron chi connectivity index (χ1n) is 17.8. The highest BCUT2D eigenvalue weighted by molar-refractivity contribution is 6.03. The van der Waals surface area contributed by atoms with Crippen LogP contribution < -0.4 is 5.32 Å². The van der Waals surface area contributed by atoms with Gasteiger partial charge in [-0.15, -0.1) is 0 Å². The minimum Gasteiger partial charge on any atom is -0.349 e. The molecule has 1 N–H and O–H groups in total. The fourth-order valence-electron chi connectivity index (χ4n) is 6.05. The van der Waals surface area contributed by atoms with Crippen LogP contribution >= 0.6 is 0 Å². The van der Waals surface area contributed by atoms with E-state index in [9.17, 15) is 61.5 Å². The normalized spacial score (nSPS) is 20.1. The average molecular weight is 873 g/mol. The van der Waals surface area contributed by atoms with E-state index in [1.807, 2.05) is 0 Å². The summed E-state index contributed by atoms with van der Waals surface area (Å²) in [6.07, 6.45) is -24.3. The largest absolute Gasteiger partial charge is 0.416 e. The number of alkyl halides is 12. The molecule has 2 aliphatic heterocycles. The summed E-state index contributed by atoms with van der Waals surface area (Å²) < 4.78 is 206. The van der Waals surface area contributed by atoms with Crippen molar-refractivity contribution in [1.82, 2.24) is 5.32 Å². The molecule has 0 aliphatic carbocycles. The van der Waals surface area contributed by atoms with E-state index in [0.717, 1.165) is 0 Å². The van der Waals surface area contributed by atoms with Gasteiger partial charge in [0.1, 0.15) is 11.6 Å². The smallest absolute Gasteiger partial charge is 0.349 e. The van der Waals surface area contributed by atoms with Crippen molar-refractivity contribution in [2.75, 3.05) is 26.3 Å². The highest BCUT2D eigenvalue weighted by Gasteiger charge is 2.40. The molecule has 0 spiro atoms. The number of nitrogens with one attached hydrogen (secondary N) is 1. The van der Waals surface area contributed by atoms with Gasteiger partial charge in [-0.1, -0.05) is 24.3 Å². The Labute approximate surface area is 333 Å². The van der Waals surface area contributed by atoms with Crippen molar-refractivity contribution in [3.63, 3.8) is 0 Å². The van der Waals surface area contributed by atoms with Gasteiger partial charge in [0.05, 0.1) is 66.0 Å². The van der Waals surface area contributed by atoms with Gasteiger partial charge < -0.3 is 24.3 Å². The van der Waals surface area contributed by atoms with Crippen molar-refractivity contribution in [3.05, 3.63) is 141 Å². The number of aliphatic imine (C=N–C) groups is 1. The predicted molar refractivity (Wildman–Crippen MR) is 186 cm³/mol. The lowest BCUT2D eigenvalue weighted by molar-refractivity contribution is -0.200. The zero-order valence-corrected chi connectivity index (χ0v) is 31.2. The second kappa shape index (κ2) is 18.6. The molecule has 2 aliphatic rings. The quantitative estimate of drug-likeness (QED) is 0.179. The second-order valence-electron chi connectivity index (χ2n) is 13.4. The number of hydrogen-bond acceptors (Lipinski definition) is 6. The molecule has 0 bridgehead atoms. The van der Waals surface area contributed by atoms with Crippen LogP contribution in [-0.2, 0) is 43.7 Å². The van der Waals surface area contributed by atoms with Crippen LogP contribution in [0.5, 0.6) is 0 Å². The van der Waals surface area contributed by atoms with Gasteiger partial charge in [-0.3, -0.25) is 4.99 Å². The third-order valence-electron chi connectivity index (χ3n) is 9.08. The van der Waals surface area contributed by atoms with Gasteiger partial charge in [-0.25, -0.2) is 8.78 Å². The number of benzene rings is 4. The Morgan fingerprint density at radius 2 is 1.02 bits per heavy atom. The van der Waals surface area contributed by atoms with Gasteiger partial charge in [0.2, 0.25) is 6.29 Å². The fraction of sp³-hybridized carbons (Fsp3) is 0.375. The van der Waals surface area contributed by atoms with Crippen LogP contribution in [0.25, 0.3) is 0 Å². The number of ether oxygens (including phenoxy) is 4. The van der Waals surface area contributed by atoms with E-state index in [1.165, 1.54) is 62.4 Å². The molecular formula is C40H34F14N2O4. The van der Waals surface area contributed by atoms with E-state index in [4.69, 9.17) is 18.9 Å². The molecule has 1 fully saturated rings. The van der Waals surface area contributed by atoms with Gasteiger partial charge in [0, 0.05) is 12.1 Å². The molecule has 6 rings (SSSR count). The zero-order valence-electron chi connectivity index (χ0n) is 31.2. The van der Waals surface area contributed by atoms with Crippen molar-refractivity contribution in [3.8, 4) is 0 Å². The highest BCUT2D eigenvalue weighted by atomic mass is 19.4. The van der Waals surface area contributed by atoms with Crippen molar-refractivity contribution < 1.29 is 80.4 Å². The molecule has 20 heteroatoms. The summed E-state index contributed by atoms with van der Waals surface area (Å²) in [5, 5.41) is 3.10. The van der Waals surface area contributed by atoms with Crippen molar-refractivity contribution in [2.24, 2.45) is 4.99 Å². The molecule has 60 heavy (non-hydrogen) atoms. The maximum absolute atomic E-state index is 13.2. The lowest BCUT2D eigenvalue weighted by Crippen LogP contribution is -2.43. The standard InChI is InChI=1S/C20H18F7NO2.C20H16F7NO2/c2*1-11(13-8-14(19(22,23)24)10-15(9-13)20(25,26)27)30-18-17(28-6-7-29-18)12-2-4-16(21)5-3-12/h2-5,8-11,17-18,28H,6-7H2,1H3;2-5,8-11,18H,6-7H2,1H3/t11-,17+,18?;11-,18?/m11/s1. The third-order valence-corrected chi connectivity index (χ3v) is 9.08. The SMILES string of the molecule is C[C@@H](OC1OCCN=C1c1ccc(F)cc1)c1cc(C(F)(F)F)cc(C(F)(F)F)c1.C[C@@H](OC1OCCN[C@H]1c1ccc(F)cc1)c1cc(C(F)(F)F)cc(C(F)(F)F)c1. The van der Waals surface area contributed by atoms with Crippen LogP contribution in [0.4, 0.5) is 61.5 Å². The Morgan fingerprint density at radius 3 is 1.47 bits per heavy atom. The van der Waals surface area contributed by atoms with Gasteiger partial charge in [-0.05, 0) is 91.2 Å². The first kappa shape index (κ1) is 46.4. The summed E-state index contributed by atoms with van der Waals surface area (Å²) in [7, 11) is 0. The van der Waals surface area contributed by atoms with Gasteiger partial charge >= 0.3 is 24.7 Å². The molecule has 2 heterocycles. The summed E-state index contributed by atoms with van der Waals surface area (Å²) >= 11 is 0. The summed E-state index contributed by atoms with van der Waals surface area (Å²) in [5.74, 6) is -0.935. The highest BCUT2D eigenvalue weighted by Crippen LogP contribution is 2.40. The zero-order chi connectivity index (χ0) is 44.2. The Kier molecular flexibility index (Phi) is 14.4. The molecular weight excluding hydrogens is 838 g/mol. The first-order valence-corrected chi connectivity index (χ1v) is 17.8. The predicted octanol–water partition coefficient (Wildman–Crippen LogP) is 11.4. The topological polar surface area (TPSA) is 61.3 Å². The molecule has 4 aromatic carbocycles. The van der Waals surface area contributed by atoms with Gasteiger partial charge in [0.15, 0.2) is 6.29 Å². The monoisotopic (exact) mass is 872 g/mol. The number of hydrogen-bond donors (Lipinski definition) is 1. The average Bonchev–Trinajstić information content (AvgIpc) is 3.17. The summed E-state index contributed by atoms with van der Waals surface area (Å²) in [4.78, 5) is 4.26. The molecule has 0 saturated carbocycles. The molecule has 6 nitrogen and oxygen atoms in total. The number of nitrogens with zero attached hydrogens (tertiary/aromatic N) is 1. The lowest BCUT2D eigenvalue weighted by atomic mass is 10.0. The third kappa shape index (κ3) is 12.2. The van der Waals surface area contributed by atoms with Crippen molar-refractivity contribution in [2.45, 2.75) is 69.4 Å². The summed E-state index contributed by atoms with van der Waals surface area (Å²) in [6, 6.07) is 12.7. The van der Waals surface area contributed by atoms with Crippen LogP contribution in [0.1, 0.15) is 76.6 Å². The van der Waals surface area contributed by atoms with Crippen LogP contribution in [0.3, 0.4) is 0 Å². The molecule has 5 atom stereocenters.